The summed E-state index contributed by atoms with van der Waals surface area (Å²) in [5, 5.41) is 14.4. The molecule has 2 aromatic heterocycles. The van der Waals surface area contributed by atoms with Crippen molar-refractivity contribution in [2.75, 3.05) is 4.90 Å². The summed E-state index contributed by atoms with van der Waals surface area (Å²) in [6, 6.07) is 16.2. The van der Waals surface area contributed by atoms with E-state index in [1.165, 1.54) is 0 Å². The highest BCUT2D eigenvalue weighted by molar-refractivity contribution is 5.95. The number of hydrogen-bond acceptors (Lipinski definition) is 6. The molecule has 0 atom stereocenters. The summed E-state index contributed by atoms with van der Waals surface area (Å²) in [6.07, 6.45) is 1.93. The van der Waals surface area contributed by atoms with Crippen LogP contribution in [0.5, 0.6) is 0 Å². The van der Waals surface area contributed by atoms with E-state index in [-0.39, 0.29) is 5.91 Å². The van der Waals surface area contributed by atoms with Gasteiger partial charge in [0.1, 0.15) is 11.6 Å². The first kappa shape index (κ1) is 20.0. The zero-order valence-electron chi connectivity index (χ0n) is 18.0. The highest BCUT2D eigenvalue weighted by Gasteiger charge is 2.28. The number of fused-ring (bicyclic) bond motifs is 1. The first-order valence-electron chi connectivity index (χ1n) is 10.7. The van der Waals surface area contributed by atoms with E-state index in [9.17, 15) is 4.79 Å². The van der Waals surface area contributed by atoms with E-state index in [0.29, 0.717) is 25.2 Å². The number of nitrogens with zero attached hydrogens (tertiary/aromatic N) is 6. The van der Waals surface area contributed by atoms with Crippen LogP contribution >= 0.6 is 0 Å². The minimum atomic E-state index is 0.101. The van der Waals surface area contributed by atoms with Crippen molar-refractivity contribution >= 4 is 11.7 Å². The summed E-state index contributed by atoms with van der Waals surface area (Å²) in [7, 11) is 0. The van der Waals surface area contributed by atoms with Crippen molar-refractivity contribution in [3.05, 3.63) is 71.2 Å². The first-order chi connectivity index (χ1) is 15.6. The number of nitrogens with one attached hydrogen (secondary N) is 1. The molecule has 5 rings (SSSR count). The zero-order valence-corrected chi connectivity index (χ0v) is 18.0. The maximum absolute atomic E-state index is 12.8. The number of H-pyrrole nitrogens is 1. The number of carbonyl (C=O) groups excluding carboxylic acids is 1. The van der Waals surface area contributed by atoms with Gasteiger partial charge in [-0.2, -0.15) is 5.21 Å². The summed E-state index contributed by atoms with van der Waals surface area (Å²) in [6.45, 7) is 4.52. The van der Waals surface area contributed by atoms with Gasteiger partial charge in [0.05, 0.1) is 6.54 Å². The Balaban J connectivity index is 1.45. The molecular formula is C24H23N7O. The number of amides is 1. The summed E-state index contributed by atoms with van der Waals surface area (Å²) in [4.78, 5) is 23.9. The molecule has 160 valence electrons. The quantitative estimate of drug-likeness (QED) is 0.524. The van der Waals surface area contributed by atoms with Gasteiger partial charge in [-0.15, -0.1) is 10.2 Å². The highest BCUT2D eigenvalue weighted by Crippen LogP contribution is 2.32. The van der Waals surface area contributed by atoms with E-state index in [0.717, 1.165) is 51.6 Å². The molecule has 0 saturated carbocycles. The van der Waals surface area contributed by atoms with Crippen LogP contribution in [0.3, 0.4) is 0 Å². The molecule has 0 radical (unpaired) electrons. The van der Waals surface area contributed by atoms with Gasteiger partial charge in [0, 0.05) is 29.7 Å². The number of tetrazole rings is 1. The number of benzene rings is 2. The molecule has 0 spiro atoms. The third-order valence-electron chi connectivity index (χ3n) is 5.82. The number of hydrogen-bond donors (Lipinski definition) is 1. The number of aryl methyl sites for hydroxylation is 2. The Labute approximate surface area is 185 Å². The van der Waals surface area contributed by atoms with Gasteiger partial charge in [-0.25, -0.2) is 9.97 Å². The van der Waals surface area contributed by atoms with Gasteiger partial charge < -0.3 is 0 Å². The Kier molecular flexibility index (Phi) is 5.18. The molecule has 8 nitrogen and oxygen atoms in total. The van der Waals surface area contributed by atoms with E-state index >= 15 is 0 Å². The van der Waals surface area contributed by atoms with Gasteiger partial charge in [-0.1, -0.05) is 55.5 Å². The van der Waals surface area contributed by atoms with Crippen LogP contribution in [0.2, 0.25) is 0 Å². The number of carbonyl (C=O) groups is 1. The molecule has 4 aromatic rings. The highest BCUT2D eigenvalue weighted by atomic mass is 16.2. The Morgan fingerprint density at radius 3 is 2.50 bits per heavy atom. The van der Waals surface area contributed by atoms with Crippen LogP contribution in [0.4, 0.5) is 5.82 Å². The molecule has 2 aromatic carbocycles. The molecule has 32 heavy (non-hydrogen) atoms. The lowest BCUT2D eigenvalue weighted by atomic mass is 9.98. The summed E-state index contributed by atoms with van der Waals surface area (Å²) >= 11 is 0. The molecule has 0 bridgehead atoms. The van der Waals surface area contributed by atoms with Gasteiger partial charge in [-0.3, -0.25) is 9.69 Å². The molecule has 1 N–H and O–H groups in total. The molecular weight excluding hydrogens is 402 g/mol. The fourth-order valence-electron chi connectivity index (χ4n) is 4.14. The minimum Gasteiger partial charge on any atom is -0.292 e. The lowest BCUT2D eigenvalue weighted by Gasteiger charge is -2.29. The monoisotopic (exact) mass is 425 g/mol. The molecule has 1 aliphatic rings. The van der Waals surface area contributed by atoms with Crippen LogP contribution in [0.25, 0.3) is 22.5 Å². The molecule has 0 fully saturated rings. The summed E-state index contributed by atoms with van der Waals surface area (Å²) in [5.74, 6) is 2.19. The predicted molar refractivity (Wildman–Crippen MR) is 121 cm³/mol. The SMILES string of the molecule is CCc1nc(C)c2c(n1)N(Cc1ccc(-c3ccccc3-c3nn[nH]n3)cc1)C(=O)CC2. The third-order valence-corrected chi connectivity index (χ3v) is 5.82. The standard InChI is InChI=1S/C24H23N7O/c1-3-21-25-15(2)18-12-13-22(32)31(24(18)26-21)14-16-8-10-17(11-9-16)19-6-4-5-7-20(19)23-27-29-30-28-23/h4-11H,3,12-14H2,1-2H3,(H,27,28,29,30). The molecule has 0 unspecified atom stereocenters. The van der Waals surface area contributed by atoms with Crippen LogP contribution in [-0.4, -0.2) is 36.5 Å². The Morgan fingerprint density at radius 2 is 1.78 bits per heavy atom. The van der Waals surface area contributed by atoms with Crippen molar-refractivity contribution < 1.29 is 4.79 Å². The van der Waals surface area contributed by atoms with Gasteiger partial charge in [-0.05, 0) is 35.2 Å². The average Bonchev–Trinajstić information content (AvgIpc) is 3.36. The van der Waals surface area contributed by atoms with E-state index in [1.54, 1.807) is 4.90 Å². The van der Waals surface area contributed by atoms with Crippen molar-refractivity contribution in [1.29, 1.82) is 0 Å². The van der Waals surface area contributed by atoms with Crippen LogP contribution in [0.1, 0.15) is 36.0 Å². The third kappa shape index (κ3) is 3.64. The van der Waals surface area contributed by atoms with E-state index in [1.807, 2.05) is 38.1 Å². The van der Waals surface area contributed by atoms with Crippen LogP contribution in [0.15, 0.2) is 48.5 Å². The largest absolute Gasteiger partial charge is 0.292 e. The summed E-state index contributed by atoms with van der Waals surface area (Å²) in [5.41, 5.74) is 6.07. The Hall–Kier alpha value is -3.94. The van der Waals surface area contributed by atoms with Crippen LogP contribution < -0.4 is 4.90 Å². The molecule has 0 aliphatic carbocycles. The topological polar surface area (TPSA) is 101 Å². The average molecular weight is 425 g/mol. The smallest absolute Gasteiger partial charge is 0.228 e. The molecule has 3 heterocycles. The van der Waals surface area contributed by atoms with Crippen molar-refractivity contribution in [3.63, 3.8) is 0 Å². The second kappa shape index (κ2) is 8.30. The zero-order chi connectivity index (χ0) is 22.1. The molecule has 1 amide bonds. The first-order valence-corrected chi connectivity index (χ1v) is 10.7. The Bertz CT molecular complexity index is 1270. The van der Waals surface area contributed by atoms with Gasteiger partial charge in [0.2, 0.25) is 11.7 Å². The van der Waals surface area contributed by atoms with E-state index < -0.39 is 0 Å². The fourth-order valence-corrected chi connectivity index (χ4v) is 4.14. The maximum Gasteiger partial charge on any atom is 0.228 e. The van der Waals surface area contributed by atoms with Gasteiger partial charge in [0.15, 0.2) is 0 Å². The number of anilines is 1. The second-order valence-corrected chi connectivity index (χ2v) is 7.84. The fraction of sp³-hybridized carbons (Fsp3) is 0.250. The minimum absolute atomic E-state index is 0.101. The van der Waals surface area contributed by atoms with Crippen LogP contribution in [-0.2, 0) is 24.2 Å². The molecule has 8 heteroatoms. The summed E-state index contributed by atoms with van der Waals surface area (Å²) < 4.78 is 0. The second-order valence-electron chi connectivity index (χ2n) is 7.84. The van der Waals surface area contributed by atoms with Crippen LogP contribution in [0, 0.1) is 6.92 Å². The van der Waals surface area contributed by atoms with Gasteiger partial charge >= 0.3 is 0 Å². The van der Waals surface area contributed by atoms with Crippen molar-refractivity contribution in [2.24, 2.45) is 0 Å². The van der Waals surface area contributed by atoms with E-state index in [2.05, 4.69) is 49.9 Å². The van der Waals surface area contributed by atoms with Crippen molar-refractivity contribution in [3.8, 4) is 22.5 Å². The maximum atomic E-state index is 12.8. The lowest BCUT2D eigenvalue weighted by Crippen LogP contribution is -2.36. The predicted octanol–water partition coefficient (Wildman–Crippen LogP) is 3.67. The Morgan fingerprint density at radius 1 is 1.00 bits per heavy atom. The lowest BCUT2D eigenvalue weighted by molar-refractivity contribution is -0.119. The van der Waals surface area contributed by atoms with Crippen molar-refractivity contribution in [1.82, 2.24) is 30.6 Å². The number of rotatable bonds is 5. The normalized spacial score (nSPS) is 13.3. The number of aromatic nitrogens is 6. The number of aromatic amines is 1. The van der Waals surface area contributed by atoms with Gasteiger partial charge in [0.25, 0.3) is 0 Å². The van der Waals surface area contributed by atoms with E-state index in [4.69, 9.17) is 4.98 Å². The molecule has 0 saturated heterocycles. The van der Waals surface area contributed by atoms with Crippen molar-refractivity contribution in [2.45, 2.75) is 39.7 Å². The molecule has 1 aliphatic heterocycles.